The maximum Gasteiger partial charge on any atom is 0.274 e. The van der Waals surface area contributed by atoms with Crippen molar-refractivity contribution in [1.82, 2.24) is 9.97 Å². The Morgan fingerprint density at radius 1 is 1.00 bits per heavy atom. The molecule has 0 aliphatic heterocycles. The van der Waals surface area contributed by atoms with Gasteiger partial charge in [-0.15, -0.1) is 0 Å². The quantitative estimate of drug-likeness (QED) is 0.638. The molecular weight excluding hydrogens is 380 g/mol. The van der Waals surface area contributed by atoms with Gasteiger partial charge in [0, 0.05) is 12.1 Å². The molecule has 3 rings (SSSR count). The highest BCUT2D eigenvalue weighted by Gasteiger charge is 2.14. The molecule has 8 heteroatoms. The Kier molecular flexibility index (Phi) is 5.96. The minimum Gasteiger partial charge on any atom is -0.497 e. The summed E-state index contributed by atoms with van der Waals surface area (Å²) < 4.78 is 10.6. The predicted molar refractivity (Wildman–Crippen MR) is 109 cm³/mol. The van der Waals surface area contributed by atoms with Gasteiger partial charge in [-0.3, -0.25) is 4.79 Å². The maximum absolute atomic E-state index is 12.6. The fraction of sp³-hybridized carbons (Fsp3) is 0.150. The minimum absolute atomic E-state index is 0.205. The smallest absolute Gasteiger partial charge is 0.274 e. The lowest BCUT2D eigenvalue weighted by Crippen LogP contribution is -2.15. The minimum atomic E-state index is -0.390. The maximum atomic E-state index is 12.6. The predicted octanol–water partition coefficient (Wildman–Crippen LogP) is 4.45. The summed E-state index contributed by atoms with van der Waals surface area (Å²) >= 11 is 6.10. The van der Waals surface area contributed by atoms with E-state index in [-0.39, 0.29) is 11.6 Å². The number of amides is 1. The second-order valence-corrected chi connectivity index (χ2v) is 6.22. The van der Waals surface area contributed by atoms with Crippen molar-refractivity contribution in [2.45, 2.75) is 6.92 Å². The summed E-state index contributed by atoms with van der Waals surface area (Å²) in [6, 6.07) is 13.9. The van der Waals surface area contributed by atoms with E-state index in [2.05, 4.69) is 20.6 Å². The molecule has 0 aliphatic rings. The number of anilines is 3. The van der Waals surface area contributed by atoms with Crippen LogP contribution in [0.1, 0.15) is 16.3 Å². The van der Waals surface area contributed by atoms with Crippen LogP contribution in [-0.2, 0) is 0 Å². The molecule has 0 bridgehead atoms. The molecule has 2 aromatic carbocycles. The molecule has 0 saturated heterocycles. The first-order valence-corrected chi connectivity index (χ1v) is 8.78. The molecule has 3 aromatic rings. The number of carbonyl (C=O) groups excluding carboxylic acids is 1. The van der Waals surface area contributed by atoms with E-state index in [4.69, 9.17) is 21.1 Å². The highest BCUT2D eigenvalue weighted by Crippen LogP contribution is 2.31. The third-order valence-electron chi connectivity index (χ3n) is 3.86. The number of hydrogen-bond acceptors (Lipinski definition) is 6. The number of rotatable bonds is 6. The Balaban J connectivity index is 1.88. The van der Waals surface area contributed by atoms with Crippen LogP contribution < -0.4 is 20.1 Å². The summed E-state index contributed by atoms with van der Waals surface area (Å²) in [4.78, 5) is 21.2. The fourth-order valence-electron chi connectivity index (χ4n) is 2.55. The number of carbonyl (C=O) groups is 1. The van der Waals surface area contributed by atoms with Gasteiger partial charge in [0.1, 0.15) is 28.8 Å². The zero-order valence-corrected chi connectivity index (χ0v) is 16.4. The first kappa shape index (κ1) is 19.4. The van der Waals surface area contributed by atoms with Crippen LogP contribution in [0.5, 0.6) is 11.5 Å². The van der Waals surface area contributed by atoms with E-state index in [0.717, 1.165) is 0 Å². The lowest BCUT2D eigenvalue weighted by Gasteiger charge is -2.13. The van der Waals surface area contributed by atoms with Crippen molar-refractivity contribution in [2.75, 3.05) is 24.9 Å². The number of nitrogens with zero attached hydrogens (tertiary/aromatic N) is 2. The highest BCUT2D eigenvalue weighted by atomic mass is 35.5. The third kappa shape index (κ3) is 4.50. The van der Waals surface area contributed by atoms with Crippen molar-refractivity contribution in [2.24, 2.45) is 0 Å². The molecule has 0 radical (unpaired) electrons. The molecular formula is C20H19ClN4O3. The summed E-state index contributed by atoms with van der Waals surface area (Å²) in [5.74, 6) is 1.77. The number of aromatic nitrogens is 2. The van der Waals surface area contributed by atoms with Crippen molar-refractivity contribution >= 4 is 34.7 Å². The number of aryl methyl sites for hydroxylation is 1. The van der Waals surface area contributed by atoms with Crippen LogP contribution in [0.2, 0.25) is 5.02 Å². The number of ether oxygens (including phenoxy) is 2. The summed E-state index contributed by atoms with van der Waals surface area (Å²) in [5, 5.41) is 6.34. The van der Waals surface area contributed by atoms with Gasteiger partial charge in [0.15, 0.2) is 0 Å². The zero-order chi connectivity index (χ0) is 20.1. The average molecular weight is 399 g/mol. The van der Waals surface area contributed by atoms with Crippen LogP contribution in [0.15, 0.2) is 48.5 Å². The molecule has 28 heavy (non-hydrogen) atoms. The van der Waals surface area contributed by atoms with Crippen molar-refractivity contribution in [3.63, 3.8) is 0 Å². The number of methoxy groups -OCH3 is 2. The van der Waals surface area contributed by atoms with Crippen LogP contribution in [0.25, 0.3) is 0 Å². The highest BCUT2D eigenvalue weighted by molar-refractivity contribution is 6.33. The molecule has 0 fully saturated rings. The topological polar surface area (TPSA) is 85.4 Å². The summed E-state index contributed by atoms with van der Waals surface area (Å²) in [6.07, 6.45) is 0. The standard InChI is InChI=1S/C20H19ClN4O3/c1-12-22-17(20(26)25-15-7-5-4-6-14(15)21)11-19(23-12)24-16-10-13(27-2)8-9-18(16)28-3/h4-11H,1-3H3,(H,25,26)(H,22,23,24). The van der Waals surface area contributed by atoms with Crippen molar-refractivity contribution in [3.05, 3.63) is 65.1 Å². The first-order valence-electron chi connectivity index (χ1n) is 8.41. The van der Waals surface area contributed by atoms with Gasteiger partial charge >= 0.3 is 0 Å². The first-order chi connectivity index (χ1) is 13.5. The van der Waals surface area contributed by atoms with Crippen LogP contribution in [0, 0.1) is 6.92 Å². The second-order valence-electron chi connectivity index (χ2n) is 5.81. The van der Waals surface area contributed by atoms with Gasteiger partial charge < -0.3 is 20.1 Å². The molecule has 0 atom stereocenters. The van der Waals surface area contributed by atoms with E-state index in [1.807, 2.05) is 0 Å². The number of nitrogens with one attached hydrogen (secondary N) is 2. The molecule has 0 spiro atoms. The van der Waals surface area contributed by atoms with Crippen molar-refractivity contribution in [1.29, 1.82) is 0 Å². The van der Waals surface area contributed by atoms with Crippen molar-refractivity contribution in [3.8, 4) is 11.5 Å². The van der Waals surface area contributed by atoms with Gasteiger partial charge in [-0.2, -0.15) is 0 Å². The van der Waals surface area contributed by atoms with Gasteiger partial charge in [0.2, 0.25) is 0 Å². The lowest BCUT2D eigenvalue weighted by molar-refractivity contribution is 0.102. The largest absolute Gasteiger partial charge is 0.497 e. The third-order valence-corrected chi connectivity index (χ3v) is 4.19. The monoisotopic (exact) mass is 398 g/mol. The van der Waals surface area contributed by atoms with E-state index in [0.29, 0.717) is 39.5 Å². The van der Waals surface area contributed by atoms with Crippen LogP contribution in [-0.4, -0.2) is 30.1 Å². The Labute approximate surface area is 167 Å². The van der Waals surface area contributed by atoms with E-state index in [1.165, 1.54) is 0 Å². The molecule has 1 amide bonds. The molecule has 2 N–H and O–H groups in total. The van der Waals surface area contributed by atoms with Gasteiger partial charge in [0.25, 0.3) is 5.91 Å². The number of halogens is 1. The van der Waals surface area contributed by atoms with Crippen LogP contribution >= 0.6 is 11.6 Å². The molecule has 0 unspecified atom stereocenters. The molecule has 0 saturated carbocycles. The normalized spacial score (nSPS) is 10.3. The fourth-order valence-corrected chi connectivity index (χ4v) is 2.73. The van der Waals surface area contributed by atoms with Gasteiger partial charge in [-0.1, -0.05) is 23.7 Å². The van der Waals surface area contributed by atoms with Gasteiger partial charge in [-0.25, -0.2) is 9.97 Å². The Morgan fingerprint density at radius 2 is 1.79 bits per heavy atom. The summed E-state index contributed by atoms with van der Waals surface area (Å²) in [7, 11) is 3.15. The molecule has 0 aliphatic carbocycles. The Hall–Kier alpha value is -3.32. The van der Waals surface area contributed by atoms with Gasteiger partial charge in [-0.05, 0) is 31.2 Å². The molecule has 144 valence electrons. The molecule has 7 nitrogen and oxygen atoms in total. The van der Waals surface area contributed by atoms with Crippen molar-refractivity contribution < 1.29 is 14.3 Å². The SMILES string of the molecule is COc1ccc(OC)c(Nc2cc(C(=O)Nc3ccccc3Cl)nc(C)n2)c1. The number of para-hydroxylation sites is 1. The van der Waals surface area contributed by atoms with E-state index in [9.17, 15) is 4.79 Å². The summed E-state index contributed by atoms with van der Waals surface area (Å²) in [6.45, 7) is 1.71. The van der Waals surface area contributed by atoms with Crippen LogP contribution in [0.4, 0.5) is 17.2 Å². The Morgan fingerprint density at radius 3 is 2.50 bits per heavy atom. The van der Waals surface area contributed by atoms with E-state index in [1.54, 1.807) is 69.7 Å². The zero-order valence-electron chi connectivity index (χ0n) is 15.6. The molecule has 1 aromatic heterocycles. The van der Waals surface area contributed by atoms with Crippen LogP contribution in [0.3, 0.4) is 0 Å². The molecule has 1 heterocycles. The van der Waals surface area contributed by atoms with E-state index >= 15 is 0 Å². The Bertz CT molecular complexity index is 1010. The lowest BCUT2D eigenvalue weighted by atomic mass is 10.2. The van der Waals surface area contributed by atoms with E-state index < -0.39 is 0 Å². The second kappa shape index (κ2) is 8.58. The summed E-state index contributed by atoms with van der Waals surface area (Å²) in [5.41, 5.74) is 1.36. The number of hydrogen-bond donors (Lipinski definition) is 2. The van der Waals surface area contributed by atoms with Gasteiger partial charge in [0.05, 0.1) is 30.6 Å². The number of benzene rings is 2. The average Bonchev–Trinajstić information content (AvgIpc) is 2.69.